The third kappa shape index (κ3) is 2.30. The van der Waals surface area contributed by atoms with Gasteiger partial charge in [-0.1, -0.05) is 49.4 Å². The third-order valence-electron chi connectivity index (χ3n) is 2.88. The van der Waals surface area contributed by atoms with E-state index in [1.165, 1.54) is 5.56 Å². The van der Waals surface area contributed by atoms with Gasteiger partial charge in [-0.3, -0.25) is 4.79 Å². The molecule has 1 nitrogen and oxygen atoms in total. The fourth-order valence-corrected chi connectivity index (χ4v) is 1.84. The van der Waals surface area contributed by atoms with E-state index in [-0.39, 0.29) is 5.78 Å². The molecular weight excluding hydrogens is 196 g/mol. The number of hydrogen-bond acceptors (Lipinski definition) is 1. The number of carbonyl (C=O) groups excluding carboxylic acids is 1. The number of rotatable bonds is 3. The number of aryl methyl sites for hydroxylation is 1. The highest BCUT2D eigenvalue weighted by Crippen LogP contribution is 2.16. The van der Waals surface area contributed by atoms with Crippen molar-refractivity contribution < 1.29 is 4.79 Å². The summed E-state index contributed by atoms with van der Waals surface area (Å²) in [4.78, 5) is 12.1. The smallest absolute Gasteiger partial charge is 0.192 e. The van der Waals surface area contributed by atoms with Gasteiger partial charge >= 0.3 is 0 Å². The molecule has 16 heavy (non-hydrogen) atoms. The summed E-state index contributed by atoms with van der Waals surface area (Å²) >= 11 is 0. The first-order chi connectivity index (χ1) is 7.81. The first-order valence-electron chi connectivity index (χ1n) is 5.81. The Kier molecular flexibility index (Phi) is 3.35. The van der Waals surface area contributed by atoms with Crippen LogP contribution in [0.4, 0.5) is 0 Å². The summed E-state index contributed by atoms with van der Waals surface area (Å²) < 4.78 is 0. The van der Waals surface area contributed by atoms with Crippen molar-refractivity contribution in [1.82, 2.24) is 0 Å². The van der Waals surface area contributed by atoms with Gasteiger partial charge in [-0.25, -0.2) is 0 Å². The van der Waals surface area contributed by atoms with Gasteiger partial charge in [0.25, 0.3) is 0 Å². The molecule has 0 amide bonds. The van der Waals surface area contributed by atoms with Crippen molar-refractivity contribution in [3.8, 4) is 0 Å². The predicted octanol–water partition coefficient (Wildman–Crippen LogP) is 3.71. The van der Waals surface area contributed by atoms with E-state index < -0.39 is 0 Å². The van der Waals surface area contributed by atoms with Crippen LogP contribution < -0.4 is 0 Å². The minimum absolute atomic E-state index is 0.138. The van der Waals surface area contributed by atoms with Crippen LogP contribution in [-0.4, -0.2) is 5.78 Å². The van der Waals surface area contributed by atoms with Gasteiger partial charge in [-0.05, 0) is 24.8 Å². The Bertz CT molecular complexity index is 435. The summed E-state index contributed by atoms with van der Waals surface area (Å²) in [6, 6.07) is 7.90. The molecule has 0 unspecified atom stereocenters. The largest absolute Gasteiger partial charge is 0.289 e. The quantitative estimate of drug-likeness (QED) is 0.698. The van der Waals surface area contributed by atoms with Crippen LogP contribution in [0.15, 0.2) is 48.1 Å². The maximum absolute atomic E-state index is 12.1. The van der Waals surface area contributed by atoms with Crippen LogP contribution in [0.1, 0.15) is 35.7 Å². The minimum atomic E-state index is 0.138. The van der Waals surface area contributed by atoms with Crippen molar-refractivity contribution in [2.75, 3.05) is 0 Å². The van der Waals surface area contributed by atoms with E-state index in [4.69, 9.17) is 0 Å². The first-order valence-corrected chi connectivity index (χ1v) is 5.81. The lowest BCUT2D eigenvalue weighted by molar-refractivity contribution is 0.103. The maximum atomic E-state index is 12.1. The second kappa shape index (κ2) is 4.93. The molecule has 1 aromatic rings. The Morgan fingerprint density at radius 3 is 2.50 bits per heavy atom. The molecule has 0 spiro atoms. The van der Waals surface area contributed by atoms with Crippen LogP contribution in [0.25, 0.3) is 0 Å². The highest BCUT2D eigenvalue weighted by atomic mass is 16.1. The van der Waals surface area contributed by atoms with E-state index in [1.807, 2.05) is 36.4 Å². The molecule has 0 N–H and O–H groups in total. The molecule has 0 fully saturated rings. The number of benzene rings is 1. The maximum Gasteiger partial charge on any atom is 0.192 e. The van der Waals surface area contributed by atoms with E-state index in [9.17, 15) is 4.79 Å². The average molecular weight is 212 g/mol. The molecular formula is C15H16O. The predicted molar refractivity (Wildman–Crippen MR) is 66.6 cm³/mol. The summed E-state index contributed by atoms with van der Waals surface area (Å²) in [6.45, 7) is 2.11. The van der Waals surface area contributed by atoms with Gasteiger partial charge in [-0.2, -0.15) is 0 Å². The Hall–Kier alpha value is -1.63. The molecule has 2 rings (SSSR count). The first kappa shape index (κ1) is 10.9. The molecule has 0 heterocycles. The summed E-state index contributed by atoms with van der Waals surface area (Å²) in [5.41, 5.74) is 2.88. The molecule has 1 aliphatic carbocycles. The van der Waals surface area contributed by atoms with Crippen molar-refractivity contribution in [3.63, 3.8) is 0 Å². The summed E-state index contributed by atoms with van der Waals surface area (Å²) in [5.74, 6) is 0.138. The Morgan fingerprint density at radius 1 is 1.19 bits per heavy atom. The lowest BCUT2D eigenvalue weighted by Gasteiger charge is -2.06. The molecule has 0 aliphatic heterocycles. The zero-order chi connectivity index (χ0) is 11.4. The molecule has 0 saturated heterocycles. The van der Waals surface area contributed by atoms with Crippen molar-refractivity contribution in [1.29, 1.82) is 0 Å². The highest BCUT2D eigenvalue weighted by Gasteiger charge is 2.10. The standard InChI is InChI=1S/C15H16O/c1-2-12-8-10-14(11-9-12)15(16)13-6-4-3-5-7-13/h4,6-11H,2-3,5H2,1H3. The SMILES string of the molecule is CCc1ccc(C(=O)C2=CCCC=C2)cc1. The molecule has 1 aliphatic rings. The minimum Gasteiger partial charge on any atom is -0.289 e. The van der Waals surface area contributed by atoms with E-state index in [1.54, 1.807) is 0 Å². The molecule has 0 bridgehead atoms. The van der Waals surface area contributed by atoms with E-state index in [0.29, 0.717) is 0 Å². The topological polar surface area (TPSA) is 17.1 Å². The van der Waals surface area contributed by atoms with Gasteiger partial charge in [0.15, 0.2) is 5.78 Å². The Balaban J connectivity index is 2.20. The van der Waals surface area contributed by atoms with Gasteiger partial charge in [0.05, 0.1) is 0 Å². The third-order valence-corrected chi connectivity index (χ3v) is 2.88. The Labute approximate surface area is 96.5 Å². The second-order valence-corrected chi connectivity index (χ2v) is 4.02. The molecule has 0 aromatic heterocycles. The molecule has 0 saturated carbocycles. The van der Waals surface area contributed by atoms with Crippen molar-refractivity contribution in [2.45, 2.75) is 26.2 Å². The fraction of sp³-hybridized carbons (Fsp3) is 0.267. The van der Waals surface area contributed by atoms with E-state index >= 15 is 0 Å². The van der Waals surface area contributed by atoms with E-state index in [0.717, 1.165) is 30.4 Å². The number of ketones is 1. The number of Topliss-reactive ketones (excluding diaryl/α,β-unsaturated/α-hetero) is 1. The highest BCUT2D eigenvalue weighted by molar-refractivity contribution is 6.10. The van der Waals surface area contributed by atoms with Gasteiger partial charge in [0.1, 0.15) is 0 Å². The van der Waals surface area contributed by atoms with Gasteiger partial charge in [-0.15, -0.1) is 0 Å². The van der Waals surface area contributed by atoms with Gasteiger partial charge in [0.2, 0.25) is 0 Å². The summed E-state index contributed by atoms with van der Waals surface area (Å²) in [7, 11) is 0. The van der Waals surface area contributed by atoms with Gasteiger partial charge < -0.3 is 0 Å². The van der Waals surface area contributed by atoms with Crippen molar-refractivity contribution in [3.05, 3.63) is 59.2 Å². The summed E-state index contributed by atoms with van der Waals surface area (Å²) in [6.07, 6.45) is 9.05. The lowest BCUT2D eigenvalue weighted by atomic mass is 9.97. The van der Waals surface area contributed by atoms with Crippen LogP contribution in [0.5, 0.6) is 0 Å². The van der Waals surface area contributed by atoms with Crippen LogP contribution in [0, 0.1) is 0 Å². The number of allylic oxidation sites excluding steroid dienone is 4. The summed E-state index contributed by atoms with van der Waals surface area (Å²) in [5, 5.41) is 0. The fourth-order valence-electron chi connectivity index (χ4n) is 1.84. The molecule has 0 atom stereocenters. The number of hydrogen-bond donors (Lipinski definition) is 0. The zero-order valence-corrected chi connectivity index (χ0v) is 9.57. The molecule has 82 valence electrons. The zero-order valence-electron chi connectivity index (χ0n) is 9.57. The molecule has 0 radical (unpaired) electrons. The van der Waals surface area contributed by atoms with Gasteiger partial charge in [0, 0.05) is 11.1 Å². The normalized spacial score (nSPS) is 14.7. The Morgan fingerprint density at radius 2 is 1.94 bits per heavy atom. The van der Waals surface area contributed by atoms with Crippen LogP contribution in [0.2, 0.25) is 0 Å². The molecule has 1 aromatic carbocycles. The monoisotopic (exact) mass is 212 g/mol. The van der Waals surface area contributed by atoms with E-state index in [2.05, 4.69) is 13.0 Å². The average Bonchev–Trinajstić information content (AvgIpc) is 2.39. The van der Waals surface area contributed by atoms with Crippen LogP contribution >= 0.6 is 0 Å². The number of carbonyl (C=O) groups is 1. The second-order valence-electron chi connectivity index (χ2n) is 4.02. The van der Waals surface area contributed by atoms with Crippen LogP contribution in [0.3, 0.4) is 0 Å². The van der Waals surface area contributed by atoms with Crippen LogP contribution in [-0.2, 0) is 6.42 Å². The lowest BCUT2D eigenvalue weighted by Crippen LogP contribution is -2.03. The van der Waals surface area contributed by atoms with Crippen molar-refractivity contribution >= 4 is 5.78 Å². The molecule has 1 heteroatoms. The van der Waals surface area contributed by atoms with Crippen molar-refractivity contribution in [2.24, 2.45) is 0 Å².